The molecular formula is C9H10F3N3. The number of hydrogen-bond donors (Lipinski definition) is 0. The Morgan fingerprint density at radius 2 is 2.20 bits per heavy atom. The molecule has 0 saturated carbocycles. The largest absolute Gasteiger partial charge is 0.435 e. The molecule has 0 aliphatic carbocycles. The Morgan fingerprint density at radius 3 is 2.60 bits per heavy atom. The molecule has 6 heteroatoms. The van der Waals surface area contributed by atoms with Crippen LogP contribution >= 0.6 is 0 Å². The van der Waals surface area contributed by atoms with Crippen LogP contribution in [0, 0.1) is 18.3 Å². The third-order valence-electron chi connectivity index (χ3n) is 2.02. The van der Waals surface area contributed by atoms with E-state index in [-0.39, 0.29) is 12.5 Å². The zero-order valence-corrected chi connectivity index (χ0v) is 8.34. The normalized spacial score (nSPS) is 13.6. The highest BCUT2D eigenvalue weighted by Gasteiger charge is 2.34. The highest BCUT2D eigenvalue weighted by Crippen LogP contribution is 2.29. The van der Waals surface area contributed by atoms with Gasteiger partial charge in [-0.25, -0.2) is 0 Å². The Bertz CT molecular complexity index is 386. The first-order valence-electron chi connectivity index (χ1n) is 4.36. The number of hydrogen-bond acceptors (Lipinski definition) is 2. The quantitative estimate of drug-likeness (QED) is 0.764. The van der Waals surface area contributed by atoms with Gasteiger partial charge in [0.05, 0.1) is 18.5 Å². The molecule has 0 amide bonds. The van der Waals surface area contributed by atoms with Crippen LogP contribution in [0.1, 0.15) is 30.8 Å². The summed E-state index contributed by atoms with van der Waals surface area (Å²) in [6.07, 6.45) is -4.29. The summed E-state index contributed by atoms with van der Waals surface area (Å²) in [4.78, 5) is 0. The van der Waals surface area contributed by atoms with Crippen molar-refractivity contribution < 1.29 is 13.2 Å². The summed E-state index contributed by atoms with van der Waals surface area (Å²) in [7, 11) is 0. The molecule has 3 nitrogen and oxygen atoms in total. The molecule has 0 aliphatic heterocycles. The van der Waals surface area contributed by atoms with E-state index in [9.17, 15) is 13.2 Å². The summed E-state index contributed by atoms with van der Waals surface area (Å²) in [5.41, 5.74) is -0.505. The Morgan fingerprint density at radius 1 is 1.60 bits per heavy atom. The van der Waals surface area contributed by atoms with E-state index in [1.165, 1.54) is 11.6 Å². The van der Waals surface area contributed by atoms with Gasteiger partial charge in [-0.2, -0.15) is 23.5 Å². The van der Waals surface area contributed by atoms with Crippen molar-refractivity contribution in [3.8, 4) is 6.07 Å². The number of aryl methyl sites for hydroxylation is 1. The van der Waals surface area contributed by atoms with Crippen LogP contribution in [-0.2, 0) is 6.18 Å². The van der Waals surface area contributed by atoms with Crippen molar-refractivity contribution in [3.63, 3.8) is 0 Å². The predicted molar refractivity (Wildman–Crippen MR) is 46.9 cm³/mol. The minimum absolute atomic E-state index is 0.139. The average Bonchev–Trinajstić information content (AvgIpc) is 2.47. The van der Waals surface area contributed by atoms with Gasteiger partial charge in [-0.3, -0.25) is 4.68 Å². The summed E-state index contributed by atoms with van der Waals surface area (Å²) < 4.78 is 38.1. The molecule has 1 unspecified atom stereocenters. The zero-order valence-electron chi connectivity index (χ0n) is 8.34. The number of nitriles is 1. The molecule has 0 saturated heterocycles. The molecule has 0 fully saturated rings. The Hall–Kier alpha value is -1.51. The molecule has 0 radical (unpaired) electrons. The minimum atomic E-state index is -4.43. The summed E-state index contributed by atoms with van der Waals surface area (Å²) >= 11 is 0. The molecule has 1 heterocycles. The van der Waals surface area contributed by atoms with Crippen LogP contribution in [0.15, 0.2) is 6.07 Å². The fourth-order valence-corrected chi connectivity index (χ4v) is 1.29. The van der Waals surface area contributed by atoms with Gasteiger partial charge in [0.25, 0.3) is 0 Å². The molecule has 0 spiro atoms. The molecule has 0 aromatic carbocycles. The van der Waals surface area contributed by atoms with Gasteiger partial charge in [0.2, 0.25) is 0 Å². The molecule has 1 aromatic heterocycles. The van der Waals surface area contributed by atoms with E-state index < -0.39 is 11.9 Å². The van der Waals surface area contributed by atoms with Gasteiger partial charge in [-0.05, 0) is 19.9 Å². The molecule has 82 valence electrons. The number of nitrogens with zero attached hydrogens (tertiary/aromatic N) is 3. The lowest BCUT2D eigenvalue weighted by Gasteiger charge is -2.09. The van der Waals surface area contributed by atoms with Crippen LogP contribution in [0.25, 0.3) is 0 Å². The molecule has 0 aliphatic rings. The van der Waals surface area contributed by atoms with Gasteiger partial charge >= 0.3 is 6.18 Å². The molecule has 1 rings (SSSR count). The number of rotatable bonds is 2. The topological polar surface area (TPSA) is 41.6 Å². The van der Waals surface area contributed by atoms with E-state index in [0.717, 1.165) is 6.07 Å². The fraction of sp³-hybridized carbons (Fsp3) is 0.556. The number of aromatic nitrogens is 2. The van der Waals surface area contributed by atoms with Crippen molar-refractivity contribution in [3.05, 3.63) is 17.5 Å². The van der Waals surface area contributed by atoms with E-state index in [2.05, 4.69) is 5.10 Å². The Kier molecular flexibility index (Phi) is 3.03. The van der Waals surface area contributed by atoms with Crippen LogP contribution in [0.3, 0.4) is 0 Å². The first kappa shape index (κ1) is 11.6. The van der Waals surface area contributed by atoms with Gasteiger partial charge in [0, 0.05) is 5.69 Å². The minimum Gasteiger partial charge on any atom is -0.265 e. The third-order valence-corrected chi connectivity index (χ3v) is 2.02. The van der Waals surface area contributed by atoms with E-state index in [0.29, 0.717) is 5.69 Å². The maximum Gasteiger partial charge on any atom is 0.435 e. The lowest BCUT2D eigenvalue weighted by molar-refractivity contribution is -0.141. The number of halogens is 3. The van der Waals surface area contributed by atoms with Crippen molar-refractivity contribution in [1.82, 2.24) is 9.78 Å². The van der Waals surface area contributed by atoms with E-state index in [1.54, 1.807) is 6.92 Å². The van der Waals surface area contributed by atoms with Crippen LogP contribution in [0.2, 0.25) is 0 Å². The molecule has 0 bridgehead atoms. The molecule has 1 atom stereocenters. The zero-order chi connectivity index (χ0) is 11.6. The summed E-state index contributed by atoms with van der Waals surface area (Å²) in [5.74, 6) is 0. The SMILES string of the molecule is Cc1cc(C(F)(F)F)nn1C(C)CC#N. The van der Waals surface area contributed by atoms with Crippen molar-refractivity contribution in [2.75, 3.05) is 0 Å². The average molecular weight is 217 g/mol. The maximum absolute atomic E-state index is 12.3. The predicted octanol–water partition coefficient (Wildman–Crippen LogP) is 2.69. The van der Waals surface area contributed by atoms with Crippen LogP contribution in [-0.4, -0.2) is 9.78 Å². The molecule has 1 aromatic rings. The van der Waals surface area contributed by atoms with Gasteiger partial charge in [0.15, 0.2) is 5.69 Å². The lowest BCUT2D eigenvalue weighted by atomic mass is 10.2. The monoisotopic (exact) mass is 217 g/mol. The standard InChI is InChI=1S/C9H10F3N3/c1-6(3-4-13)15-7(2)5-8(14-15)9(10,11)12/h5-6H,3H2,1-2H3. The Labute approximate surface area is 85.1 Å². The lowest BCUT2D eigenvalue weighted by Crippen LogP contribution is -2.11. The Balaban J connectivity index is 3.02. The van der Waals surface area contributed by atoms with Crippen molar-refractivity contribution in [2.45, 2.75) is 32.5 Å². The first-order chi connectivity index (χ1) is 6.86. The van der Waals surface area contributed by atoms with Crippen molar-refractivity contribution >= 4 is 0 Å². The summed E-state index contributed by atoms with van der Waals surface area (Å²) in [5, 5.41) is 11.9. The van der Waals surface area contributed by atoms with Crippen molar-refractivity contribution in [2.24, 2.45) is 0 Å². The van der Waals surface area contributed by atoms with Gasteiger partial charge in [0.1, 0.15) is 0 Å². The second-order valence-electron chi connectivity index (χ2n) is 3.32. The maximum atomic E-state index is 12.3. The second-order valence-corrected chi connectivity index (χ2v) is 3.32. The molecule has 15 heavy (non-hydrogen) atoms. The van der Waals surface area contributed by atoms with Gasteiger partial charge < -0.3 is 0 Å². The molecular weight excluding hydrogens is 207 g/mol. The fourth-order valence-electron chi connectivity index (χ4n) is 1.29. The van der Waals surface area contributed by atoms with E-state index in [1.807, 2.05) is 6.07 Å². The van der Waals surface area contributed by atoms with Gasteiger partial charge in [-0.1, -0.05) is 0 Å². The first-order valence-corrected chi connectivity index (χ1v) is 4.36. The van der Waals surface area contributed by atoms with Crippen LogP contribution < -0.4 is 0 Å². The van der Waals surface area contributed by atoms with Gasteiger partial charge in [-0.15, -0.1) is 0 Å². The molecule has 0 N–H and O–H groups in total. The highest BCUT2D eigenvalue weighted by molar-refractivity contribution is 5.12. The second kappa shape index (κ2) is 3.93. The van der Waals surface area contributed by atoms with E-state index in [4.69, 9.17) is 5.26 Å². The number of alkyl halides is 3. The highest BCUT2D eigenvalue weighted by atomic mass is 19.4. The summed E-state index contributed by atoms with van der Waals surface area (Å²) in [6.45, 7) is 3.19. The summed E-state index contributed by atoms with van der Waals surface area (Å²) in [6, 6.07) is 2.54. The third kappa shape index (κ3) is 2.49. The van der Waals surface area contributed by atoms with Crippen LogP contribution in [0.5, 0.6) is 0 Å². The smallest absolute Gasteiger partial charge is 0.265 e. The van der Waals surface area contributed by atoms with Crippen LogP contribution in [0.4, 0.5) is 13.2 Å². The van der Waals surface area contributed by atoms with E-state index >= 15 is 0 Å². The van der Waals surface area contributed by atoms with Crippen molar-refractivity contribution in [1.29, 1.82) is 5.26 Å².